The molecule has 1 aromatic heterocycles. The third-order valence-corrected chi connectivity index (χ3v) is 2.04. The number of rotatable bonds is 1. The Morgan fingerprint density at radius 3 is 2.42 bits per heavy atom. The highest BCUT2D eigenvalue weighted by Gasteiger charge is 2.17. The van der Waals surface area contributed by atoms with Crippen molar-refractivity contribution in [2.24, 2.45) is 0 Å². The number of pyridine rings is 1. The second-order valence-corrected chi connectivity index (χ2v) is 3.72. The molecule has 2 nitrogen and oxygen atoms in total. The van der Waals surface area contributed by atoms with Crippen LogP contribution in [0, 0.1) is 6.92 Å². The van der Waals surface area contributed by atoms with Gasteiger partial charge in [0.2, 0.25) is 0 Å². The summed E-state index contributed by atoms with van der Waals surface area (Å²) in [5.41, 5.74) is 0.597. The molecule has 66 valence electrons. The summed E-state index contributed by atoms with van der Waals surface area (Å²) in [6.07, 6.45) is 0. The van der Waals surface area contributed by atoms with E-state index in [9.17, 15) is 5.11 Å². The van der Waals surface area contributed by atoms with Gasteiger partial charge >= 0.3 is 0 Å². The average Bonchev–Trinajstić information content (AvgIpc) is 1.92. The van der Waals surface area contributed by atoms with E-state index in [-0.39, 0.29) is 0 Å². The first-order valence-electron chi connectivity index (χ1n) is 3.77. The van der Waals surface area contributed by atoms with E-state index in [1.165, 1.54) is 0 Å². The second-order valence-electron chi connectivity index (χ2n) is 3.36. The molecule has 0 unspecified atom stereocenters. The lowest BCUT2D eigenvalue weighted by Crippen LogP contribution is -2.17. The lowest BCUT2D eigenvalue weighted by atomic mass is 10.0. The SMILES string of the molecule is Cc1ccc(C(C)(C)O)nc1Cl. The van der Waals surface area contributed by atoms with Gasteiger partial charge in [0.1, 0.15) is 10.8 Å². The van der Waals surface area contributed by atoms with Crippen LogP contribution in [0.15, 0.2) is 12.1 Å². The Hall–Kier alpha value is -0.600. The first-order chi connectivity index (χ1) is 5.41. The van der Waals surface area contributed by atoms with Crippen molar-refractivity contribution in [3.05, 3.63) is 28.5 Å². The van der Waals surface area contributed by atoms with E-state index in [0.29, 0.717) is 10.8 Å². The van der Waals surface area contributed by atoms with Gasteiger partial charge in [-0.2, -0.15) is 0 Å². The standard InChI is InChI=1S/C9H12ClNO/c1-6-4-5-7(9(2,3)12)11-8(6)10/h4-5,12H,1-3H3. The Bertz CT molecular complexity index is 291. The number of hydrogen-bond donors (Lipinski definition) is 1. The van der Waals surface area contributed by atoms with Crippen LogP contribution in [0.4, 0.5) is 0 Å². The molecule has 1 N–H and O–H groups in total. The predicted molar refractivity (Wildman–Crippen MR) is 49.2 cm³/mol. The van der Waals surface area contributed by atoms with Crippen LogP contribution in [0.5, 0.6) is 0 Å². The molecule has 0 bridgehead atoms. The Morgan fingerprint density at radius 2 is 2.00 bits per heavy atom. The van der Waals surface area contributed by atoms with E-state index >= 15 is 0 Å². The van der Waals surface area contributed by atoms with Crippen molar-refractivity contribution in [1.82, 2.24) is 4.98 Å². The first-order valence-corrected chi connectivity index (χ1v) is 4.15. The Morgan fingerprint density at radius 1 is 1.42 bits per heavy atom. The highest BCUT2D eigenvalue weighted by molar-refractivity contribution is 6.30. The zero-order chi connectivity index (χ0) is 9.35. The van der Waals surface area contributed by atoms with Crippen molar-refractivity contribution in [3.63, 3.8) is 0 Å². The van der Waals surface area contributed by atoms with Gasteiger partial charge < -0.3 is 5.11 Å². The summed E-state index contributed by atoms with van der Waals surface area (Å²) in [6.45, 7) is 5.24. The molecule has 0 radical (unpaired) electrons. The maximum absolute atomic E-state index is 9.58. The quantitative estimate of drug-likeness (QED) is 0.681. The van der Waals surface area contributed by atoms with Gasteiger partial charge in [0, 0.05) is 0 Å². The molecule has 0 fully saturated rings. The maximum atomic E-state index is 9.58. The van der Waals surface area contributed by atoms with Crippen molar-refractivity contribution in [3.8, 4) is 0 Å². The van der Waals surface area contributed by atoms with E-state index in [4.69, 9.17) is 11.6 Å². The van der Waals surface area contributed by atoms with Crippen LogP contribution in [0.2, 0.25) is 5.15 Å². The molecular weight excluding hydrogens is 174 g/mol. The van der Waals surface area contributed by atoms with Crippen LogP contribution < -0.4 is 0 Å². The van der Waals surface area contributed by atoms with E-state index in [1.54, 1.807) is 19.9 Å². The smallest absolute Gasteiger partial charge is 0.132 e. The van der Waals surface area contributed by atoms with Crippen LogP contribution >= 0.6 is 11.6 Å². The van der Waals surface area contributed by atoms with E-state index in [2.05, 4.69) is 4.98 Å². The average molecular weight is 186 g/mol. The number of aliphatic hydroxyl groups is 1. The van der Waals surface area contributed by atoms with E-state index < -0.39 is 5.60 Å². The van der Waals surface area contributed by atoms with Crippen molar-refractivity contribution in [2.45, 2.75) is 26.4 Å². The Balaban J connectivity index is 3.14. The van der Waals surface area contributed by atoms with Gasteiger partial charge in [0.25, 0.3) is 0 Å². The molecule has 0 aliphatic rings. The molecule has 0 saturated carbocycles. The van der Waals surface area contributed by atoms with Gasteiger partial charge in [0.05, 0.1) is 5.69 Å². The molecular formula is C9H12ClNO. The molecule has 1 heterocycles. The minimum atomic E-state index is -0.919. The van der Waals surface area contributed by atoms with Gasteiger partial charge in [-0.05, 0) is 32.4 Å². The van der Waals surface area contributed by atoms with Gasteiger partial charge in [0.15, 0.2) is 0 Å². The lowest BCUT2D eigenvalue weighted by molar-refractivity contribution is 0.0738. The molecule has 0 amide bonds. The molecule has 0 saturated heterocycles. The molecule has 0 aliphatic carbocycles. The largest absolute Gasteiger partial charge is 0.384 e. The van der Waals surface area contributed by atoms with Crippen LogP contribution in [0.3, 0.4) is 0 Å². The number of aryl methyl sites for hydroxylation is 1. The fraction of sp³-hybridized carbons (Fsp3) is 0.444. The zero-order valence-corrected chi connectivity index (χ0v) is 8.18. The first kappa shape index (κ1) is 9.49. The van der Waals surface area contributed by atoms with E-state index in [0.717, 1.165) is 5.56 Å². The lowest BCUT2D eigenvalue weighted by Gasteiger charge is -2.16. The minimum Gasteiger partial charge on any atom is -0.384 e. The Kier molecular flexibility index (Phi) is 2.40. The van der Waals surface area contributed by atoms with Gasteiger partial charge in [-0.25, -0.2) is 4.98 Å². The summed E-state index contributed by atoms with van der Waals surface area (Å²) in [7, 11) is 0. The summed E-state index contributed by atoms with van der Waals surface area (Å²) in [4.78, 5) is 4.06. The van der Waals surface area contributed by atoms with Crippen molar-refractivity contribution >= 4 is 11.6 Å². The van der Waals surface area contributed by atoms with Crippen molar-refractivity contribution < 1.29 is 5.11 Å². The molecule has 3 heteroatoms. The molecule has 0 spiro atoms. The van der Waals surface area contributed by atoms with Gasteiger partial charge in [-0.15, -0.1) is 0 Å². The number of nitrogens with zero attached hydrogens (tertiary/aromatic N) is 1. The van der Waals surface area contributed by atoms with Gasteiger partial charge in [-0.3, -0.25) is 0 Å². The second kappa shape index (κ2) is 3.04. The van der Waals surface area contributed by atoms with E-state index in [1.807, 2.05) is 13.0 Å². The zero-order valence-electron chi connectivity index (χ0n) is 7.43. The summed E-state index contributed by atoms with van der Waals surface area (Å²) in [5.74, 6) is 0. The summed E-state index contributed by atoms with van der Waals surface area (Å²) < 4.78 is 0. The number of halogens is 1. The minimum absolute atomic E-state index is 0.453. The van der Waals surface area contributed by atoms with Crippen LogP contribution in [0.1, 0.15) is 25.1 Å². The summed E-state index contributed by atoms with van der Waals surface area (Å²) in [5, 5.41) is 10.0. The predicted octanol–water partition coefficient (Wildman–Crippen LogP) is 2.27. The van der Waals surface area contributed by atoms with Crippen LogP contribution in [-0.2, 0) is 5.60 Å². The maximum Gasteiger partial charge on any atom is 0.132 e. The topological polar surface area (TPSA) is 33.1 Å². The Labute approximate surface area is 77.2 Å². The molecule has 0 aliphatic heterocycles. The van der Waals surface area contributed by atoms with Crippen molar-refractivity contribution in [1.29, 1.82) is 0 Å². The van der Waals surface area contributed by atoms with Crippen LogP contribution in [-0.4, -0.2) is 10.1 Å². The van der Waals surface area contributed by atoms with Crippen LogP contribution in [0.25, 0.3) is 0 Å². The summed E-state index contributed by atoms with van der Waals surface area (Å²) >= 11 is 5.80. The molecule has 1 rings (SSSR count). The molecule has 0 atom stereocenters. The highest BCUT2D eigenvalue weighted by atomic mass is 35.5. The fourth-order valence-corrected chi connectivity index (χ4v) is 0.999. The summed E-state index contributed by atoms with van der Waals surface area (Å²) in [6, 6.07) is 3.63. The number of hydrogen-bond acceptors (Lipinski definition) is 2. The normalized spacial score (nSPS) is 11.8. The molecule has 12 heavy (non-hydrogen) atoms. The monoisotopic (exact) mass is 185 g/mol. The van der Waals surface area contributed by atoms with Gasteiger partial charge in [-0.1, -0.05) is 17.7 Å². The highest BCUT2D eigenvalue weighted by Crippen LogP contribution is 2.20. The molecule has 0 aromatic carbocycles. The fourth-order valence-electron chi connectivity index (χ4n) is 0.845. The third kappa shape index (κ3) is 1.96. The van der Waals surface area contributed by atoms with Crippen molar-refractivity contribution in [2.75, 3.05) is 0 Å². The molecule has 1 aromatic rings. The third-order valence-electron chi connectivity index (χ3n) is 1.66. The number of aromatic nitrogens is 1.